The van der Waals surface area contributed by atoms with Crippen LogP contribution < -0.4 is 16.4 Å². The van der Waals surface area contributed by atoms with Gasteiger partial charge < -0.3 is 21.5 Å². The minimum absolute atomic E-state index is 0. The minimum atomic E-state index is -1.11. The highest BCUT2D eigenvalue weighted by atomic mass is 35.5. The quantitative estimate of drug-likeness (QED) is 0.124. The number of rotatable bonds is 10. The van der Waals surface area contributed by atoms with Gasteiger partial charge >= 0.3 is 5.97 Å². The number of fused-ring (bicyclic) bond motifs is 3. The Balaban J connectivity index is 0.00000520. The molecule has 0 fully saturated rings. The van der Waals surface area contributed by atoms with E-state index < -0.39 is 12.0 Å². The Labute approximate surface area is 293 Å². The van der Waals surface area contributed by atoms with Crippen molar-refractivity contribution in [2.45, 2.75) is 52.5 Å². The van der Waals surface area contributed by atoms with E-state index in [1.54, 1.807) is 11.3 Å². The van der Waals surface area contributed by atoms with Gasteiger partial charge in [0.2, 0.25) is 11.8 Å². The summed E-state index contributed by atoms with van der Waals surface area (Å²) < 4.78 is 2.01. The summed E-state index contributed by atoms with van der Waals surface area (Å²) in [4.78, 5) is 43.5. The van der Waals surface area contributed by atoms with Crippen molar-refractivity contribution >= 4 is 64.5 Å². The fourth-order valence-electron chi connectivity index (χ4n) is 5.30. The lowest BCUT2D eigenvalue weighted by atomic mass is 9.99. The number of amides is 2. The average Bonchev–Trinajstić information content (AvgIpc) is 3.51. The molecule has 0 spiro atoms. The molecule has 2 aromatic carbocycles. The second-order valence-electron chi connectivity index (χ2n) is 11.0. The Hall–Kier alpha value is -4.54. The van der Waals surface area contributed by atoms with Crippen LogP contribution >= 0.6 is 35.3 Å². The van der Waals surface area contributed by atoms with Gasteiger partial charge in [0.15, 0.2) is 5.82 Å². The highest BCUT2D eigenvalue weighted by Crippen LogP contribution is 2.39. The number of unbranched alkanes of at least 4 members (excludes halogenated alkanes) is 1. The molecule has 0 saturated carbocycles. The number of aromatic nitrogens is 3. The molecule has 3 heterocycles. The van der Waals surface area contributed by atoms with Crippen molar-refractivity contribution in [3.8, 4) is 16.8 Å². The molecular weight excluding hydrogens is 673 g/mol. The molecule has 14 heteroatoms. The summed E-state index contributed by atoms with van der Waals surface area (Å²) in [6.45, 7) is 6.52. The highest BCUT2D eigenvalue weighted by molar-refractivity contribution is 7.15. The molecule has 11 nitrogen and oxygen atoms in total. The number of nitrogens with two attached hydrogens (primary N) is 1. The number of nitrogens with zero attached hydrogens (tertiary/aromatic N) is 4. The number of carboxylic acids is 1. The van der Waals surface area contributed by atoms with E-state index in [2.05, 4.69) is 46.5 Å². The van der Waals surface area contributed by atoms with Gasteiger partial charge in [0.05, 0.1) is 24.2 Å². The highest BCUT2D eigenvalue weighted by Gasteiger charge is 2.32. The fraction of sp³-hybridized carbons (Fsp3) is 0.294. The lowest BCUT2D eigenvalue weighted by Gasteiger charge is -2.13. The molecule has 1 aliphatic heterocycles. The number of anilines is 1. The molecular formula is C34H35Cl2N7O4S. The predicted octanol–water partition coefficient (Wildman–Crippen LogP) is 5.55. The van der Waals surface area contributed by atoms with Crippen LogP contribution in [-0.4, -0.2) is 56.5 Å². The zero-order valence-corrected chi connectivity index (χ0v) is 29.0. The molecule has 0 unspecified atom stereocenters. The molecule has 48 heavy (non-hydrogen) atoms. The second-order valence-corrected chi connectivity index (χ2v) is 12.7. The molecule has 0 aliphatic carbocycles. The Morgan fingerprint density at radius 2 is 1.81 bits per heavy atom. The first-order chi connectivity index (χ1) is 22.6. The van der Waals surface area contributed by atoms with E-state index in [1.807, 2.05) is 35.8 Å². The van der Waals surface area contributed by atoms with Gasteiger partial charge in [0.25, 0.3) is 0 Å². The summed E-state index contributed by atoms with van der Waals surface area (Å²) in [5.41, 5.74) is 9.96. The van der Waals surface area contributed by atoms with E-state index in [0.29, 0.717) is 35.9 Å². The lowest BCUT2D eigenvalue weighted by molar-refractivity contribution is -0.121. The number of benzene rings is 2. The van der Waals surface area contributed by atoms with Crippen molar-refractivity contribution in [1.29, 1.82) is 0 Å². The number of hydrogen-bond donors (Lipinski definition) is 4. The summed E-state index contributed by atoms with van der Waals surface area (Å²) >= 11 is 7.84. The number of nitrogens with one attached hydrogen (secondary N) is 2. The van der Waals surface area contributed by atoms with Crippen LogP contribution in [0.5, 0.6) is 0 Å². The number of aliphatic imine (C=N–C) groups is 1. The smallest absolute Gasteiger partial charge is 0.336 e. The van der Waals surface area contributed by atoms with Crippen molar-refractivity contribution in [2.75, 3.05) is 18.4 Å². The number of carbonyl (C=O) groups is 3. The number of aryl methyl sites for hydroxylation is 2. The molecule has 5 rings (SSSR count). The summed E-state index contributed by atoms with van der Waals surface area (Å²) in [5.74, 6) is 5.17. The molecule has 4 aromatic rings. The predicted molar refractivity (Wildman–Crippen MR) is 190 cm³/mol. The molecule has 0 saturated heterocycles. The first-order valence-electron chi connectivity index (χ1n) is 15.1. The maximum Gasteiger partial charge on any atom is 0.336 e. The fourth-order valence-corrected chi connectivity index (χ4v) is 6.64. The number of hydrogen-bond acceptors (Lipinski definition) is 8. The Morgan fingerprint density at radius 1 is 1.06 bits per heavy atom. The van der Waals surface area contributed by atoms with Gasteiger partial charge in [0, 0.05) is 45.2 Å². The second kappa shape index (κ2) is 16.0. The number of carboxylic acid groups (broad SMARTS) is 1. The summed E-state index contributed by atoms with van der Waals surface area (Å²) in [5, 5.41) is 25.5. The maximum atomic E-state index is 13.2. The van der Waals surface area contributed by atoms with Gasteiger partial charge in [-0.25, -0.2) is 4.79 Å². The van der Waals surface area contributed by atoms with E-state index in [0.717, 1.165) is 33.2 Å². The molecule has 2 aromatic heterocycles. The molecule has 1 aliphatic rings. The van der Waals surface area contributed by atoms with Crippen LogP contribution in [0.4, 0.5) is 5.69 Å². The molecule has 1 atom stereocenters. The van der Waals surface area contributed by atoms with Gasteiger partial charge in [-0.2, -0.15) is 0 Å². The Kier molecular flexibility index (Phi) is 12.1. The summed E-state index contributed by atoms with van der Waals surface area (Å²) in [6.07, 6.45) is 1.42. The topological polar surface area (TPSA) is 165 Å². The number of halogens is 2. The average molecular weight is 709 g/mol. The normalized spacial score (nSPS) is 13.1. The van der Waals surface area contributed by atoms with Crippen LogP contribution in [0.3, 0.4) is 0 Å². The van der Waals surface area contributed by atoms with E-state index in [-0.39, 0.29) is 54.7 Å². The van der Waals surface area contributed by atoms with Gasteiger partial charge in [-0.3, -0.25) is 19.1 Å². The van der Waals surface area contributed by atoms with Crippen LogP contribution in [0, 0.1) is 32.6 Å². The zero-order valence-electron chi connectivity index (χ0n) is 26.6. The van der Waals surface area contributed by atoms with Gasteiger partial charge in [-0.1, -0.05) is 35.6 Å². The van der Waals surface area contributed by atoms with Crippen molar-refractivity contribution in [1.82, 2.24) is 20.1 Å². The monoisotopic (exact) mass is 707 g/mol. The van der Waals surface area contributed by atoms with Crippen LogP contribution in [0.1, 0.15) is 80.9 Å². The van der Waals surface area contributed by atoms with E-state index in [9.17, 15) is 19.5 Å². The standard InChI is InChI=1S/C34H34ClN7O4S.ClH/c1-19-20(2)47-33-30(19)31(22-9-11-24(35)12-10-22)39-27(32-41-40-21(3)42(32)33)18-29(44)37-16-5-4-8-28(43)38-25-13-14-26(34(45)46)23(17-25)7-6-15-36;/h9-14,17,27H,4-5,8,15-16,18,36H2,1-3H3,(H,37,44)(H,38,43)(H,45,46);1H/t27-;/m0./s1. The van der Waals surface area contributed by atoms with Crippen molar-refractivity contribution < 1.29 is 19.5 Å². The third-order valence-corrected chi connectivity index (χ3v) is 9.19. The van der Waals surface area contributed by atoms with Crippen molar-refractivity contribution in [2.24, 2.45) is 10.7 Å². The zero-order chi connectivity index (χ0) is 33.7. The Bertz CT molecular complexity index is 1940. The van der Waals surface area contributed by atoms with E-state index >= 15 is 0 Å². The van der Waals surface area contributed by atoms with Crippen molar-refractivity contribution in [3.05, 3.63) is 91.8 Å². The third-order valence-electron chi connectivity index (χ3n) is 7.75. The minimum Gasteiger partial charge on any atom is -0.478 e. The summed E-state index contributed by atoms with van der Waals surface area (Å²) in [7, 11) is 0. The SMILES string of the molecule is Cc1sc2c(c1C)C(c1ccc(Cl)cc1)=N[C@@H](CC(=O)NCCCCC(=O)Nc1ccc(C(=O)O)c(C#CCN)c1)c1nnc(C)n1-2.Cl. The molecule has 2 amide bonds. The van der Waals surface area contributed by atoms with Gasteiger partial charge in [-0.15, -0.1) is 33.9 Å². The lowest BCUT2D eigenvalue weighted by Crippen LogP contribution is -2.26. The largest absolute Gasteiger partial charge is 0.478 e. The first-order valence-corrected chi connectivity index (χ1v) is 16.3. The van der Waals surface area contributed by atoms with E-state index in [1.165, 1.54) is 23.1 Å². The van der Waals surface area contributed by atoms with Gasteiger partial charge in [-0.05, 0) is 69.5 Å². The maximum absolute atomic E-state index is 13.2. The third kappa shape index (κ3) is 8.11. The first kappa shape index (κ1) is 36.3. The number of thiophene rings is 1. The molecule has 0 radical (unpaired) electrons. The molecule has 250 valence electrons. The van der Waals surface area contributed by atoms with Crippen molar-refractivity contribution in [3.63, 3.8) is 0 Å². The number of carbonyl (C=O) groups excluding carboxylic acids is 2. The van der Waals surface area contributed by atoms with Crippen LogP contribution in [0.2, 0.25) is 5.02 Å². The van der Waals surface area contributed by atoms with E-state index in [4.69, 9.17) is 22.3 Å². The van der Waals surface area contributed by atoms with Crippen LogP contribution in [0.15, 0.2) is 47.5 Å². The Morgan fingerprint density at radius 3 is 2.52 bits per heavy atom. The van der Waals surface area contributed by atoms with Crippen LogP contribution in [-0.2, 0) is 9.59 Å². The number of aromatic carboxylic acids is 1. The van der Waals surface area contributed by atoms with Crippen LogP contribution in [0.25, 0.3) is 5.00 Å². The molecule has 5 N–H and O–H groups in total. The summed E-state index contributed by atoms with van der Waals surface area (Å²) in [6, 6.07) is 11.4. The molecule has 0 bridgehead atoms. The van der Waals surface area contributed by atoms with Gasteiger partial charge in [0.1, 0.15) is 16.9 Å².